The quantitative estimate of drug-likeness (QED) is 0.300. The summed E-state index contributed by atoms with van der Waals surface area (Å²) in [6.07, 6.45) is -2.81. The molecule has 12 heteroatoms. The van der Waals surface area contributed by atoms with E-state index >= 15 is 0 Å². The van der Waals surface area contributed by atoms with Crippen LogP contribution in [0.25, 0.3) is 0 Å². The van der Waals surface area contributed by atoms with E-state index in [0.717, 1.165) is 16.5 Å². The maximum absolute atomic E-state index is 13.3. The normalized spacial score (nSPS) is 25.0. The minimum Gasteiger partial charge on any atom is -0.447 e. The zero-order chi connectivity index (χ0) is 28.6. The first kappa shape index (κ1) is 31.3. The molecule has 0 aromatic heterocycles. The number of halogens is 1. The molecule has 0 saturated carbocycles. The van der Waals surface area contributed by atoms with Crippen molar-refractivity contribution in [2.45, 2.75) is 63.4 Å². The second-order valence-corrected chi connectivity index (χ2v) is 10.6. The monoisotopic (exact) mass is 613 g/mol. The summed E-state index contributed by atoms with van der Waals surface area (Å²) in [7, 11) is 1.22. The number of ether oxygens (including phenoxy) is 5. The Morgan fingerprint density at radius 2 is 1.97 bits per heavy atom. The lowest BCUT2D eigenvalue weighted by Crippen LogP contribution is -2.57. The number of rotatable bonds is 14. The lowest BCUT2D eigenvalue weighted by atomic mass is 9.98. The smallest absolute Gasteiger partial charge is 0.417 e. The molecule has 39 heavy (non-hydrogen) atoms. The molecule has 0 unspecified atom stereocenters. The SMILES string of the molecule is CO[C@@H](C(=O)N1C(=O)OC[C@H]1C(C)C)[C@H]1O[C@@](O)(CCCOC[C@@H](CO)OCc2ccccc2)C(Br)=CC1=O. The number of aliphatic hydroxyl groups excluding tert-OH is 1. The van der Waals surface area contributed by atoms with E-state index < -0.39 is 47.9 Å². The third kappa shape index (κ3) is 7.94. The third-order valence-corrected chi connectivity index (χ3v) is 7.42. The number of ketones is 1. The van der Waals surface area contributed by atoms with E-state index in [1.165, 1.54) is 7.11 Å². The molecule has 2 N–H and O–H groups in total. The summed E-state index contributed by atoms with van der Waals surface area (Å²) in [6, 6.07) is 9.04. The Bertz CT molecular complexity index is 1020. The highest BCUT2D eigenvalue weighted by molar-refractivity contribution is 9.11. The maximum atomic E-state index is 13.3. The first-order valence-electron chi connectivity index (χ1n) is 12.8. The molecular formula is C27H36BrNO10. The van der Waals surface area contributed by atoms with Crippen LogP contribution in [0.5, 0.6) is 0 Å². The van der Waals surface area contributed by atoms with Crippen LogP contribution in [0.3, 0.4) is 0 Å². The fourth-order valence-electron chi connectivity index (χ4n) is 4.28. The molecule has 0 radical (unpaired) electrons. The lowest BCUT2D eigenvalue weighted by molar-refractivity contribution is -0.227. The number of hydrogen-bond donors (Lipinski definition) is 2. The van der Waals surface area contributed by atoms with E-state index in [1.807, 2.05) is 44.2 Å². The standard InChI is InChI=1S/C27H36BrNO10/c1-17(2)20-16-38-26(33)29(20)25(32)24(35-3)23-21(31)12-22(28)27(34,39-23)10-7-11-36-15-19(13-30)37-14-18-8-5-4-6-9-18/h4-6,8-9,12,17,19-20,23-24,30,34H,7,10-11,13-16H2,1-3H3/t19-,20+,23+,24-,27+/m1/s1. The molecule has 216 valence electrons. The molecule has 0 bridgehead atoms. The van der Waals surface area contributed by atoms with E-state index in [9.17, 15) is 24.6 Å². The van der Waals surface area contributed by atoms with Gasteiger partial charge in [-0.15, -0.1) is 0 Å². The Morgan fingerprint density at radius 1 is 1.26 bits per heavy atom. The first-order valence-corrected chi connectivity index (χ1v) is 13.6. The van der Waals surface area contributed by atoms with E-state index in [2.05, 4.69) is 15.9 Å². The molecule has 1 saturated heterocycles. The average molecular weight is 614 g/mol. The predicted octanol–water partition coefficient (Wildman–Crippen LogP) is 2.31. The number of amides is 2. The van der Waals surface area contributed by atoms with Crippen LogP contribution in [0.15, 0.2) is 40.9 Å². The van der Waals surface area contributed by atoms with Gasteiger partial charge in [0.2, 0.25) is 0 Å². The molecule has 11 nitrogen and oxygen atoms in total. The fraction of sp³-hybridized carbons (Fsp3) is 0.593. The highest BCUT2D eigenvalue weighted by Crippen LogP contribution is 2.36. The van der Waals surface area contributed by atoms with Gasteiger partial charge in [0.15, 0.2) is 23.8 Å². The van der Waals surface area contributed by atoms with Crippen LogP contribution in [0.1, 0.15) is 32.3 Å². The van der Waals surface area contributed by atoms with Gasteiger partial charge in [-0.1, -0.05) is 44.2 Å². The number of carbonyl (C=O) groups excluding carboxylic acids is 3. The third-order valence-electron chi connectivity index (χ3n) is 6.57. The van der Waals surface area contributed by atoms with Crippen molar-refractivity contribution in [1.82, 2.24) is 4.90 Å². The molecule has 0 aliphatic carbocycles. The van der Waals surface area contributed by atoms with Crippen LogP contribution in [0.2, 0.25) is 0 Å². The molecule has 1 aromatic carbocycles. The Labute approximate surface area is 236 Å². The molecule has 2 amide bonds. The number of imide groups is 1. The summed E-state index contributed by atoms with van der Waals surface area (Å²) < 4.78 is 27.5. The Morgan fingerprint density at radius 3 is 2.62 bits per heavy atom. The summed E-state index contributed by atoms with van der Waals surface area (Å²) in [5, 5.41) is 20.8. The van der Waals surface area contributed by atoms with E-state index in [-0.39, 0.29) is 43.2 Å². The number of cyclic esters (lactones) is 1. The largest absolute Gasteiger partial charge is 0.447 e. The molecule has 3 rings (SSSR count). The van der Waals surface area contributed by atoms with Crippen molar-refractivity contribution in [1.29, 1.82) is 0 Å². The second kappa shape index (κ2) is 14.4. The Hall–Kier alpha value is -2.19. The summed E-state index contributed by atoms with van der Waals surface area (Å²) in [5.74, 6) is -3.39. The van der Waals surface area contributed by atoms with Gasteiger partial charge in [-0.2, -0.15) is 0 Å². The van der Waals surface area contributed by atoms with Gasteiger partial charge in [-0.25, -0.2) is 9.69 Å². The van der Waals surface area contributed by atoms with Gasteiger partial charge >= 0.3 is 6.09 Å². The summed E-state index contributed by atoms with van der Waals surface area (Å²) >= 11 is 3.20. The first-order chi connectivity index (χ1) is 18.6. The minimum absolute atomic E-state index is 0.0214. The number of hydrogen-bond acceptors (Lipinski definition) is 10. The zero-order valence-corrected chi connectivity index (χ0v) is 23.9. The summed E-state index contributed by atoms with van der Waals surface area (Å²) in [6.45, 7) is 4.20. The van der Waals surface area contributed by atoms with Gasteiger partial charge in [0.25, 0.3) is 5.91 Å². The van der Waals surface area contributed by atoms with E-state index in [1.54, 1.807) is 0 Å². The van der Waals surface area contributed by atoms with Crippen LogP contribution in [-0.4, -0.2) is 96.6 Å². The summed E-state index contributed by atoms with van der Waals surface area (Å²) in [5.41, 5.74) is 0.975. The van der Waals surface area contributed by atoms with Crippen LogP contribution in [0, 0.1) is 5.92 Å². The predicted molar refractivity (Wildman–Crippen MR) is 142 cm³/mol. The molecule has 2 aliphatic heterocycles. The van der Waals surface area contributed by atoms with Gasteiger partial charge in [0.1, 0.15) is 12.7 Å². The second-order valence-electron chi connectivity index (χ2n) is 9.75. The van der Waals surface area contributed by atoms with E-state index in [4.69, 9.17) is 23.7 Å². The van der Waals surface area contributed by atoms with Gasteiger partial charge in [0.05, 0.1) is 30.3 Å². The van der Waals surface area contributed by atoms with Crippen LogP contribution >= 0.6 is 15.9 Å². The van der Waals surface area contributed by atoms with E-state index in [0.29, 0.717) is 13.0 Å². The molecular weight excluding hydrogens is 578 g/mol. The molecule has 2 aliphatic rings. The van der Waals surface area contributed by atoms with Gasteiger partial charge in [-0.05, 0) is 39.9 Å². The van der Waals surface area contributed by atoms with Crippen molar-refractivity contribution in [2.75, 3.05) is 33.5 Å². The van der Waals surface area contributed by atoms with Crippen molar-refractivity contribution in [2.24, 2.45) is 5.92 Å². The number of nitrogens with zero attached hydrogens (tertiary/aromatic N) is 1. The highest BCUT2D eigenvalue weighted by Gasteiger charge is 2.50. The molecule has 1 fully saturated rings. The lowest BCUT2D eigenvalue weighted by Gasteiger charge is -2.38. The minimum atomic E-state index is -1.93. The van der Waals surface area contributed by atoms with Crippen LogP contribution in [0.4, 0.5) is 4.79 Å². The number of carbonyl (C=O) groups is 3. The van der Waals surface area contributed by atoms with Crippen LogP contribution < -0.4 is 0 Å². The topological polar surface area (TPSA) is 141 Å². The average Bonchev–Trinajstić information content (AvgIpc) is 3.31. The van der Waals surface area contributed by atoms with Crippen molar-refractivity contribution < 1.29 is 48.3 Å². The van der Waals surface area contributed by atoms with Crippen LogP contribution in [-0.2, 0) is 39.9 Å². The zero-order valence-electron chi connectivity index (χ0n) is 22.3. The number of methoxy groups -OCH3 is 1. The van der Waals surface area contributed by atoms with Gasteiger partial charge in [-0.3, -0.25) is 9.59 Å². The fourth-order valence-corrected chi connectivity index (χ4v) is 4.79. The van der Waals surface area contributed by atoms with Gasteiger partial charge < -0.3 is 33.9 Å². The maximum Gasteiger partial charge on any atom is 0.417 e. The summed E-state index contributed by atoms with van der Waals surface area (Å²) in [4.78, 5) is 39.3. The van der Waals surface area contributed by atoms with Gasteiger partial charge in [0, 0.05) is 20.1 Å². The molecule has 0 spiro atoms. The number of benzene rings is 1. The van der Waals surface area contributed by atoms with Crippen molar-refractivity contribution in [3.05, 3.63) is 46.5 Å². The molecule has 2 heterocycles. The molecule has 5 atom stereocenters. The Balaban J connectivity index is 1.55. The van der Waals surface area contributed by atoms with Crippen molar-refractivity contribution >= 4 is 33.7 Å². The number of aliphatic hydroxyl groups is 2. The van der Waals surface area contributed by atoms with Crippen molar-refractivity contribution in [3.63, 3.8) is 0 Å². The molecule has 1 aromatic rings. The highest BCUT2D eigenvalue weighted by atomic mass is 79.9. The van der Waals surface area contributed by atoms with Crippen molar-refractivity contribution in [3.8, 4) is 0 Å². The Kier molecular flexibility index (Phi) is 11.6.